The molecule has 7 heteroatoms. The maximum atomic E-state index is 12.6. The molecule has 2 rings (SSSR count). The van der Waals surface area contributed by atoms with Gasteiger partial charge in [0.25, 0.3) is 5.91 Å². The average Bonchev–Trinajstić information content (AvgIpc) is 2.45. The number of hydrogen-bond donors (Lipinski definition) is 1. The summed E-state index contributed by atoms with van der Waals surface area (Å²) in [4.78, 5) is 18.6. The molecular formula is C14H22Cl3N3O. The molecule has 1 aromatic heterocycles. The van der Waals surface area contributed by atoms with Gasteiger partial charge in [-0.15, -0.1) is 24.8 Å². The number of nitrogens with one attached hydrogen (secondary N) is 1. The lowest BCUT2D eigenvalue weighted by Crippen LogP contribution is -2.46. The Morgan fingerprint density at radius 3 is 2.67 bits per heavy atom. The molecule has 1 fully saturated rings. The number of halogens is 3. The van der Waals surface area contributed by atoms with Crippen molar-refractivity contribution in [2.45, 2.75) is 32.2 Å². The van der Waals surface area contributed by atoms with Crippen LogP contribution in [0.3, 0.4) is 0 Å². The van der Waals surface area contributed by atoms with Crippen LogP contribution < -0.4 is 5.32 Å². The maximum Gasteiger partial charge on any atom is 0.255 e. The lowest BCUT2D eigenvalue weighted by Gasteiger charge is -2.34. The molecule has 1 N–H and O–H groups in total. The van der Waals surface area contributed by atoms with Crippen LogP contribution in [0.25, 0.3) is 0 Å². The second kappa shape index (κ2) is 10.2. The van der Waals surface area contributed by atoms with E-state index in [0.717, 1.165) is 38.9 Å². The van der Waals surface area contributed by atoms with Crippen molar-refractivity contribution in [3.8, 4) is 0 Å². The second-order valence-corrected chi connectivity index (χ2v) is 5.24. The molecule has 1 saturated heterocycles. The van der Waals surface area contributed by atoms with E-state index in [-0.39, 0.29) is 30.7 Å². The molecule has 0 aromatic carbocycles. The Morgan fingerprint density at radius 1 is 1.43 bits per heavy atom. The number of nitrogens with zero attached hydrogens (tertiary/aromatic N) is 2. The van der Waals surface area contributed by atoms with Gasteiger partial charge in [0, 0.05) is 25.0 Å². The van der Waals surface area contributed by atoms with Crippen molar-refractivity contribution in [1.82, 2.24) is 15.2 Å². The molecule has 0 saturated carbocycles. The SMILES string of the molecule is CCCN(C(=O)c1ccncc1Cl)C1CCNCC1.Cl.Cl. The third kappa shape index (κ3) is 5.29. The highest BCUT2D eigenvalue weighted by molar-refractivity contribution is 6.33. The van der Waals surface area contributed by atoms with Crippen LogP contribution in [-0.4, -0.2) is 41.5 Å². The number of carbonyl (C=O) groups excluding carboxylic acids is 1. The standard InChI is InChI=1S/C14H20ClN3O.2ClH/c1-2-9-18(11-3-6-16-7-4-11)14(19)12-5-8-17-10-13(12)15;;/h5,8,10-11,16H,2-4,6-7,9H2,1H3;2*1H. The van der Waals surface area contributed by atoms with Gasteiger partial charge in [-0.2, -0.15) is 0 Å². The number of pyridine rings is 1. The van der Waals surface area contributed by atoms with Crippen LogP contribution in [0.5, 0.6) is 0 Å². The number of carbonyl (C=O) groups is 1. The maximum absolute atomic E-state index is 12.6. The van der Waals surface area contributed by atoms with Gasteiger partial charge >= 0.3 is 0 Å². The highest BCUT2D eigenvalue weighted by Crippen LogP contribution is 2.20. The summed E-state index contributed by atoms with van der Waals surface area (Å²) in [6.07, 6.45) is 6.12. The molecule has 0 unspecified atom stereocenters. The average molecular weight is 355 g/mol. The van der Waals surface area contributed by atoms with Gasteiger partial charge < -0.3 is 10.2 Å². The number of amides is 1. The summed E-state index contributed by atoms with van der Waals surface area (Å²) in [6.45, 7) is 4.82. The van der Waals surface area contributed by atoms with Crippen LogP contribution in [0.2, 0.25) is 5.02 Å². The molecule has 4 nitrogen and oxygen atoms in total. The quantitative estimate of drug-likeness (QED) is 0.903. The van der Waals surface area contributed by atoms with E-state index in [0.29, 0.717) is 16.6 Å². The fraction of sp³-hybridized carbons (Fsp3) is 0.571. The highest BCUT2D eigenvalue weighted by atomic mass is 35.5. The van der Waals surface area contributed by atoms with E-state index in [1.54, 1.807) is 12.3 Å². The van der Waals surface area contributed by atoms with Gasteiger partial charge in [-0.3, -0.25) is 9.78 Å². The van der Waals surface area contributed by atoms with Crippen molar-refractivity contribution in [2.75, 3.05) is 19.6 Å². The van der Waals surface area contributed by atoms with Crippen LogP contribution in [0.4, 0.5) is 0 Å². The minimum Gasteiger partial charge on any atom is -0.336 e. The van der Waals surface area contributed by atoms with Crippen molar-refractivity contribution >= 4 is 42.3 Å². The first-order valence-corrected chi connectivity index (χ1v) is 7.23. The van der Waals surface area contributed by atoms with Gasteiger partial charge in [0.1, 0.15) is 0 Å². The lowest BCUT2D eigenvalue weighted by molar-refractivity contribution is 0.0642. The van der Waals surface area contributed by atoms with Gasteiger partial charge in [-0.05, 0) is 38.4 Å². The lowest BCUT2D eigenvalue weighted by atomic mass is 10.0. The van der Waals surface area contributed by atoms with Crippen molar-refractivity contribution in [3.05, 3.63) is 29.0 Å². The molecule has 0 atom stereocenters. The number of piperidine rings is 1. The zero-order chi connectivity index (χ0) is 13.7. The smallest absolute Gasteiger partial charge is 0.255 e. The zero-order valence-corrected chi connectivity index (χ0v) is 14.4. The monoisotopic (exact) mass is 353 g/mol. The number of rotatable bonds is 4. The first-order valence-electron chi connectivity index (χ1n) is 6.85. The molecule has 0 radical (unpaired) electrons. The summed E-state index contributed by atoms with van der Waals surface area (Å²) in [6, 6.07) is 2.02. The Morgan fingerprint density at radius 2 is 2.10 bits per heavy atom. The summed E-state index contributed by atoms with van der Waals surface area (Å²) in [5.74, 6) is 0.0288. The summed E-state index contributed by atoms with van der Waals surface area (Å²) < 4.78 is 0. The topological polar surface area (TPSA) is 45.2 Å². The fourth-order valence-corrected chi connectivity index (χ4v) is 2.71. The second-order valence-electron chi connectivity index (χ2n) is 4.84. The first kappa shape index (κ1) is 20.5. The van der Waals surface area contributed by atoms with Gasteiger partial charge in [0.05, 0.1) is 10.6 Å². The van der Waals surface area contributed by atoms with Crippen LogP contribution >= 0.6 is 36.4 Å². The summed E-state index contributed by atoms with van der Waals surface area (Å²) >= 11 is 6.08. The van der Waals surface area contributed by atoms with Crippen LogP contribution in [0.15, 0.2) is 18.5 Å². The van der Waals surface area contributed by atoms with Gasteiger partial charge in [0.15, 0.2) is 0 Å². The first-order chi connectivity index (χ1) is 9.24. The van der Waals surface area contributed by atoms with Crippen LogP contribution in [0.1, 0.15) is 36.5 Å². The molecular weight excluding hydrogens is 333 g/mol. The molecule has 21 heavy (non-hydrogen) atoms. The molecule has 0 aliphatic carbocycles. The van der Waals surface area contributed by atoms with Crippen LogP contribution in [0, 0.1) is 0 Å². The minimum absolute atomic E-state index is 0. The van der Waals surface area contributed by atoms with Gasteiger partial charge in [0.2, 0.25) is 0 Å². The van der Waals surface area contributed by atoms with Gasteiger partial charge in [-0.25, -0.2) is 0 Å². The van der Waals surface area contributed by atoms with E-state index < -0.39 is 0 Å². The van der Waals surface area contributed by atoms with Crippen molar-refractivity contribution < 1.29 is 4.79 Å². The van der Waals surface area contributed by atoms with E-state index in [1.807, 2.05) is 4.90 Å². The van der Waals surface area contributed by atoms with E-state index in [1.165, 1.54) is 6.20 Å². The Labute approximate surface area is 143 Å². The van der Waals surface area contributed by atoms with Crippen molar-refractivity contribution in [1.29, 1.82) is 0 Å². The molecule has 1 aliphatic heterocycles. The van der Waals surface area contributed by atoms with Crippen molar-refractivity contribution in [2.24, 2.45) is 0 Å². The van der Waals surface area contributed by atoms with E-state index in [9.17, 15) is 4.79 Å². The predicted molar refractivity (Wildman–Crippen MR) is 91.0 cm³/mol. The number of hydrogen-bond acceptors (Lipinski definition) is 3. The molecule has 1 aliphatic rings. The van der Waals surface area contributed by atoms with Crippen LogP contribution in [-0.2, 0) is 0 Å². The third-order valence-corrected chi connectivity index (χ3v) is 3.78. The predicted octanol–water partition coefficient (Wildman–Crippen LogP) is 3.18. The Kier molecular flexibility index (Phi) is 9.95. The van der Waals surface area contributed by atoms with Crippen molar-refractivity contribution in [3.63, 3.8) is 0 Å². The van der Waals surface area contributed by atoms with Gasteiger partial charge in [-0.1, -0.05) is 18.5 Å². The van der Waals surface area contributed by atoms with E-state index >= 15 is 0 Å². The largest absolute Gasteiger partial charge is 0.336 e. The summed E-state index contributed by atoms with van der Waals surface area (Å²) in [7, 11) is 0. The highest BCUT2D eigenvalue weighted by Gasteiger charge is 2.26. The molecule has 1 amide bonds. The molecule has 0 spiro atoms. The zero-order valence-electron chi connectivity index (χ0n) is 12.0. The fourth-order valence-electron chi connectivity index (χ4n) is 2.51. The number of aromatic nitrogens is 1. The Balaban J connectivity index is 0.00000200. The van der Waals surface area contributed by atoms with E-state index in [2.05, 4.69) is 17.2 Å². The minimum atomic E-state index is 0. The molecule has 120 valence electrons. The normalized spacial score (nSPS) is 14.8. The molecule has 0 bridgehead atoms. The Hall–Kier alpha value is -0.550. The Bertz CT molecular complexity index is 439. The molecule has 1 aromatic rings. The summed E-state index contributed by atoms with van der Waals surface area (Å²) in [5.41, 5.74) is 0.559. The third-order valence-electron chi connectivity index (χ3n) is 3.48. The molecule has 2 heterocycles. The summed E-state index contributed by atoms with van der Waals surface area (Å²) in [5, 5.41) is 3.76. The van der Waals surface area contributed by atoms with E-state index in [4.69, 9.17) is 11.6 Å².